The highest BCUT2D eigenvalue weighted by molar-refractivity contribution is 5.85. The normalized spacial score (nSPS) is 22.5. The number of nitrogens with one attached hydrogen (secondary N) is 1. The van der Waals surface area contributed by atoms with Crippen molar-refractivity contribution in [2.45, 2.75) is 18.9 Å². The Hall–Kier alpha value is -1.26. The van der Waals surface area contributed by atoms with Crippen LogP contribution in [0.2, 0.25) is 0 Å². The largest absolute Gasteiger partial charge is 0.368 e. The van der Waals surface area contributed by atoms with E-state index in [0.29, 0.717) is 5.91 Å². The summed E-state index contributed by atoms with van der Waals surface area (Å²) in [7, 11) is 0. The van der Waals surface area contributed by atoms with Gasteiger partial charge in [0.2, 0.25) is 5.91 Å². The number of benzene rings is 1. The number of halogens is 1. The molecule has 5 heteroatoms. The first-order chi connectivity index (χ1) is 9.34. The summed E-state index contributed by atoms with van der Waals surface area (Å²) in [5, 5.41) is 3.29. The van der Waals surface area contributed by atoms with Crippen molar-refractivity contribution in [3.05, 3.63) is 30.3 Å². The van der Waals surface area contributed by atoms with E-state index in [1.807, 2.05) is 11.0 Å². The minimum absolute atomic E-state index is 0. The van der Waals surface area contributed by atoms with Crippen LogP contribution >= 0.6 is 12.4 Å². The lowest BCUT2D eigenvalue weighted by atomic mass is 10.1. The molecule has 1 atom stereocenters. The minimum Gasteiger partial charge on any atom is -0.368 e. The summed E-state index contributed by atoms with van der Waals surface area (Å²) in [5.41, 5.74) is 1.26. The molecule has 110 valence electrons. The third-order valence-electron chi connectivity index (χ3n) is 4.07. The molecule has 0 saturated carbocycles. The average Bonchev–Trinajstić information content (AvgIpc) is 3.02. The van der Waals surface area contributed by atoms with Crippen molar-refractivity contribution in [3.63, 3.8) is 0 Å². The molecule has 20 heavy (non-hydrogen) atoms. The number of piperazine rings is 1. The summed E-state index contributed by atoms with van der Waals surface area (Å²) >= 11 is 0. The molecule has 1 aromatic carbocycles. The Labute approximate surface area is 126 Å². The zero-order valence-corrected chi connectivity index (χ0v) is 12.4. The van der Waals surface area contributed by atoms with E-state index in [9.17, 15) is 4.79 Å². The second-order valence-electron chi connectivity index (χ2n) is 5.30. The molecule has 2 saturated heterocycles. The summed E-state index contributed by atoms with van der Waals surface area (Å²) < 4.78 is 0. The quantitative estimate of drug-likeness (QED) is 0.898. The molecular weight excluding hydrogens is 274 g/mol. The van der Waals surface area contributed by atoms with Crippen LogP contribution in [0.5, 0.6) is 0 Å². The Morgan fingerprint density at radius 2 is 1.80 bits per heavy atom. The smallest absolute Gasteiger partial charge is 0.239 e. The van der Waals surface area contributed by atoms with Gasteiger partial charge < -0.3 is 15.1 Å². The van der Waals surface area contributed by atoms with Crippen molar-refractivity contribution >= 4 is 24.0 Å². The van der Waals surface area contributed by atoms with E-state index in [2.05, 4.69) is 34.5 Å². The summed E-state index contributed by atoms with van der Waals surface area (Å²) in [4.78, 5) is 16.7. The zero-order valence-electron chi connectivity index (χ0n) is 11.6. The number of para-hydroxylation sites is 1. The first-order valence-electron chi connectivity index (χ1n) is 7.17. The van der Waals surface area contributed by atoms with E-state index in [1.165, 1.54) is 5.69 Å². The van der Waals surface area contributed by atoms with E-state index in [-0.39, 0.29) is 18.4 Å². The van der Waals surface area contributed by atoms with Gasteiger partial charge in [0.1, 0.15) is 0 Å². The number of carbonyl (C=O) groups excluding carboxylic acids is 1. The summed E-state index contributed by atoms with van der Waals surface area (Å²) in [6, 6.07) is 10.5. The van der Waals surface area contributed by atoms with Gasteiger partial charge in [-0.2, -0.15) is 0 Å². The fourth-order valence-corrected chi connectivity index (χ4v) is 2.94. The van der Waals surface area contributed by atoms with Gasteiger partial charge in [0.05, 0.1) is 6.04 Å². The SMILES string of the molecule is Cl.O=C(C1CCCN1)N1CCN(c2ccccc2)CC1. The predicted octanol–water partition coefficient (Wildman–Crippen LogP) is 1.51. The van der Waals surface area contributed by atoms with Crippen LogP contribution in [0.15, 0.2) is 30.3 Å². The molecule has 2 aliphatic heterocycles. The number of anilines is 1. The van der Waals surface area contributed by atoms with Crippen LogP contribution in [0, 0.1) is 0 Å². The van der Waals surface area contributed by atoms with Crippen molar-refractivity contribution in [2.75, 3.05) is 37.6 Å². The number of hydrogen-bond acceptors (Lipinski definition) is 3. The molecule has 2 aliphatic rings. The molecule has 2 heterocycles. The van der Waals surface area contributed by atoms with E-state index in [0.717, 1.165) is 45.6 Å². The number of rotatable bonds is 2. The Morgan fingerprint density at radius 3 is 2.40 bits per heavy atom. The van der Waals surface area contributed by atoms with Crippen molar-refractivity contribution in [2.24, 2.45) is 0 Å². The maximum atomic E-state index is 12.3. The van der Waals surface area contributed by atoms with Gasteiger partial charge in [0.15, 0.2) is 0 Å². The Bertz CT molecular complexity index is 426. The molecule has 2 fully saturated rings. The van der Waals surface area contributed by atoms with Crippen molar-refractivity contribution in [1.82, 2.24) is 10.2 Å². The molecule has 0 spiro atoms. The summed E-state index contributed by atoms with van der Waals surface area (Å²) in [6.07, 6.45) is 2.12. The highest BCUT2D eigenvalue weighted by Gasteiger charge is 2.29. The van der Waals surface area contributed by atoms with Crippen molar-refractivity contribution < 1.29 is 4.79 Å². The molecule has 1 amide bonds. The molecule has 1 N–H and O–H groups in total. The Balaban J connectivity index is 0.00000147. The van der Waals surface area contributed by atoms with Crippen LogP contribution in [0.1, 0.15) is 12.8 Å². The van der Waals surface area contributed by atoms with Crippen LogP contribution in [0.25, 0.3) is 0 Å². The molecule has 1 unspecified atom stereocenters. The first-order valence-corrected chi connectivity index (χ1v) is 7.17. The Morgan fingerprint density at radius 1 is 1.10 bits per heavy atom. The standard InChI is InChI=1S/C15H21N3O.ClH/c19-15(14-7-4-8-16-14)18-11-9-17(10-12-18)13-5-2-1-3-6-13;/h1-3,5-6,14,16H,4,7-12H2;1H. The van der Waals surface area contributed by atoms with Gasteiger partial charge in [-0.25, -0.2) is 0 Å². The second-order valence-corrected chi connectivity index (χ2v) is 5.30. The third-order valence-corrected chi connectivity index (χ3v) is 4.07. The van der Waals surface area contributed by atoms with Crippen LogP contribution in [-0.2, 0) is 4.79 Å². The summed E-state index contributed by atoms with van der Waals surface area (Å²) in [5.74, 6) is 0.296. The topological polar surface area (TPSA) is 35.6 Å². The highest BCUT2D eigenvalue weighted by Crippen LogP contribution is 2.17. The number of carbonyl (C=O) groups is 1. The minimum atomic E-state index is 0. The number of nitrogens with zero attached hydrogens (tertiary/aromatic N) is 2. The van der Waals surface area contributed by atoms with Crippen LogP contribution in [0.4, 0.5) is 5.69 Å². The molecule has 0 radical (unpaired) electrons. The van der Waals surface area contributed by atoms with Crippen LogP contribution < -0.4 is 10.2 Å². The Kier molecular flexibility index (Phi) is 5.26. The van der Waals surface area contributed by atoms with E-state index < -0.39 is 0 Å². The fraction of sp³-hybridized carbons (Fsp3) is 0.533. The van der Waals surface area contributed by atoms with Crippen LogP contribution in [-0.4, -0.2) is 49.6 Å². The van der Waals surface area contributed by atoms with Crippen molar-refractivity contribution in [1.29, 1.82) is 0 Å². The van der Waals surface area contributed by atoms with Gasteiger partial charge in [-0.3, -0.25) is 4.79 Å². The van der Waals surface area contributed by atoms with E-state index in [4.69, 9.17) is 0 Å². The zero-order chi connectivity index (χ0) is 13.1. The molecule has 0 aliphatic carbocycles. The monoisotopic (exact) mass is 295 g/mol. The van der Waals surface area contributed by atoms with Gasteiger partial charge in [-0.15, -0.1) is 12.4 Å². The van der Waals surface area contributed by atoms with Gasteiger partial charge in [-0.05, 0) is 31.5 Å². The lowest BCUT2D eigenvalue weighted by Gasteiger charge is -2.37. The second kappa shape index (κ2) is 6.95. The first kappa shape index (κ1) is 15.1. The third kappa shape index (κ3) is 3.25. The van der Waals surface area contributed by atoms with Gasteiger partial charge >= 0.3 is 0 Å². The molecule has 4 nitrogen and oxygen atoms in total. The van der Waals surface area contributed by atoms with Gasteiger partial charge in [-0.1, -0.05) is 18.2 Å². The van der Waals surface area contributed by atoms with Crippen molar-refractivity contribution in [3.8, 4) is 0 Å². The summed E-state index contributed by atoms with van der Waals surface area (Å²) in [6.45, 7) is 4.53. The number of hydrogen-bond donors (Lipinski definition) is 1. The molecular formula is C15H22ClN3O. The highest BCUT2D eigenvalue weighted by atomic mass is 35.5. The van der Waals surface area contributed by atoms with Crippen LogP contribution in [0.3, 0.4) is 0 Å². The predicted molar refractivity (Wildman–Crippen MR) is 83.5 cm³/mol. The molecule has 0 bridgehead atoms. The molecule has 1 aromatic rings. The fourth-order valence-electron chi connectivity index (χ4n) is 2.94. The van der Waals surface area contributed by atoms with E-state index >= 15 is 0 Å². The lowest BCUT2D eigenvalue weighted by Crippen LogP contribution is -2.53. The number of amides is 1. The van der Waals surface area contributed by atoms with Gasteiger partial charge in [0, 0.05) is 31.9 Å². The molecule has 3 rings (SSSR count). The van der Waals surface area contributed by atoms with Gasteiger partial charge in [0.25, 0.3) is 0 Å². The average molecular weight is 296 g/mol. The maximum Gasteiger partial charge on any atom is 0.239 e. The molecule has 0 aromatic heterocycles. The maximum absolute atomic E-state index is 12.3. The lowest BCUT2D eigenvalue weighted by molar-refractivity contribution is -0.133. The van der Waals surface area contributed by atoms with E-state index in [1.54, 1.807) is 0 Å².